The average molecular weight is 671 g/mol. The Morgan fingerprint density at radius 3 is 1.66 bits per heavy atom. The minimum absolute atomic E-state index is 0.757. The summed E-state index contributed by atoms with van der Waals surface area (Å²) in [5.74, 6) is 0.757. The molecule has 50 heavy (non-hydrogen) atoms. The van der Waals surface area contributed by atoms with Crippen molar-refractivity contribution in [3.05, 3.63) is 158 Å². The summed E-state index contributed by atoms with van der Waals surface area (Å²) in [6.45, 7) is 0. The molecule has 0 fully saturated rings. The molecule has 8 aromatic carbocycles. The van der Waals surface area contributed by atoms with Gasteiger partial charge in [-0.25, -0.2) is 9.97 Å². The standard InChI is InChI=1S/C46H26N2S2/c1-2-12-27(13-3-1)43-45-44(36-19-9-11-21-40(36)50-45)48-46(47-43)38-25-29(26-41-42(38)35-18-8-10-20-39(35)49-41)28-22-23-34-32-16-5-4-14-30(32)31-15-6-7-17-33(31)37(34)24-28/h1-26H. The van der Waals surface area contributed by atoms with Gasteiger partial charge in [-0.15, -0.1) is 22.7 Å². The third-order valence-electron chi connectivity index (χ3n) is 10.1. The predicted octanol–water partition coefficient (Wildman–Crippen LogP) is 13.7. The Morgan fingerprint density at radius 2 is 0.940 bits per heavy atom. The molecule has 11 rings (SSSR count). The van der Waals surface area contributed by atoms with Gasteiger partial charge in [0.05, 0.1) is 15.9 Å². The third kappa shape index (κ3) is 4.13. The minimum Gasteiger partial charge on any atom is -0.226 e. The van der Waals surface area contributed by atoms with Crippen LogP contribution >= 0.6 is 22.7 Å². The lowest BCUT2D eigenvalue weighted by Gasteiger charge is -2.13. The molecule has 0 spiro atoms. The Labute approximate surface area is 295 Å². The second kappa shape index (κ2) is 10.8. The molecular weight excluding hydrogens is 645 g/mol. The molecule has 3 aromatic heterocycles. The van der Waals surface area contributed by atoms with Crippen LogP contribution in [0.25, 0.3) is 107 Å². The van der Waals surface area contributed by atoms with E-state index in [1.54, 1.807) is 11.3 Å². The first-order valence-electron chi connectivity index (χ1n) is 16.8. The van der Waals surface area contributed by atoms with E-state index in [4.69, 9.17) is 9.97 Å². The fourth-order valence-electron chi connectivity index (χ4n) is 7.79. The molecule has 0 aliphatic carbocycles. The van der Waals surface area contributed by atoms with E-state index in [-0.39, 0.29) is 0 Å². The zero-order valence-corrected chi connectivity index (χ0v) is 28.4. The van der Waals surface area contributed by atoms with Crippen LogP contribution in [0.15, 0.2) is 158 Å². The lowest BCUT2D eigenvalue weighted by molar-refractivity contribution is 1.25. The normalized spacial score (nSPS) is 12.0. The second-order valence-corrected chi connectivity index (χ2v) is 15.0. The number of nitrogens with zero attached hydrogens (tertiary/aromatic N) is 2. The van der Waals surface area contributed by atoms with Crippen molar-refractivity contribution >= 4 is 95.5 Å². The first-order valence-corrected chi connectivity index (χ1v) is 18.5. The van der Waals surface area contributed by atoms with Gasteiger partial charge < -0.3 is 0 Å². The van der Waals surface area contributed by atoms with Crippen molar-refractivity contribution in [1.29, 1.82) is 0 Å². The van der Waals surface area contributed by atoms with Crippen LogP contribution in [0.5, 0.6) is 0 Å². The summed E-state index contributed by atoms with van der Waals surface area (Å²) in [5, 5.41) is 11.3. The Hall–Kier alpha value is -5.94. The van der Waals surface area contributed by atoms with Gasteiger partial charge in [0.2, 0.25) is 0 Å². The molecule has 0 aliphatic rings. The predicted molar refractivity (Wildman–Crippen MR) is 217 cm³/mol. The zero-order chi connectivity index (χ0) is 32.8. The Balaban J connectivity index is 1.23. The van der Waals surface area contributed by atoms with E-state index in [2.05, 4.69) is 158 Å². The summed E-state index contributed by atoms with van der Waals surface area (Å²) in [6, 6.07) is 57.1. The van der Waals surface area contributed by atoms with E-state index in [0.717, 1.165) is 32.9 Å². The molecule has 0 bridgehead atoms. The van der Waals surface area contributed by atoms with Crippen LogP contribution in [0.4, 0.5) is 0 Å². The van der Waals surface area contributed by atoms with Gasteiger partial charge in [0.1, 0.15) is 0 Å². The summed E-state index contributed by atoms with van der Waals surface area (Å²) < 4.78 is 4.85. The molecule has 11 aromatic rings. The highest BCUT2D eigenvalue weighted by Gasteiger charge is 2.21. The molecule has 232 valence electrons. The zero-order valence-electron chi connectivity index (χ0n) is 26.7. The van der Waals surface area contributed by atoms with E-state index in [1.165, 1.54) is 73.7 Å². The highest BCUT2D eigenvalue weighted by molar-refractivity contribution is 7.26. The minimum atomic E-state index is 0.757. The van der Waals surface area contributed by atoms with Gasteiger partial charge in [0, 0.05) is 41.4 Å². The maximum absolute atomic E-state index is 5.44. The summed E-state index contributed by atoms with van der Waals surface area (Å²) in [5.41, 5.74) is 6.50. The SMILES string of the molecule is c1ccc(-c2nc(-c3cc(-c4ccc5c6ccccc6c6ccccc6c5c4)cc4sc5ccccc5c34)nc3c2sc2ccccc23)cc1. The number of fused-ring (bicyclic) bond motifs is 12. The fourth-order valence-corrected chi connectivity index (χ4v) is 10.1. The highest BCUT2D eigenvalue weighted by atomic mass is 32.1. The van der Waals surface area contributed by atoms with Crippen molar-refractivity contribution in [2.24, 2.45) is 0 Å². The lowest BCUT2D eigenvalue weighted by Crippen LogP contribution is -1.95. The molecule has 4 heteroatoms. The fraction of sp³-hybridized carbons (Fsp3) is 0. The number of hydrogen-bond acceptors (Lipinski definition) is 4. The molecule has 0 unspecified atom stereocenters. The maximum Gasteiger partial charge on any atom is 0.161 e. The van der Waals surface area contributed by atoms with Crippen molar-refractivity contribution in [2.45, 2.75) is 0 Å². The summed E-state index contributed by atoms with van der Waals surface area (Å²) in [6.07, 6.45) is 0. The van der Waals surface area contributed by atoms with Crippen LogP contribution in [0, 0.1) is 0 Å². The van der Waals surface area contributed by atoms with E-state index in [0.29, 0.717) is 0 Å². The van der Waals surface area contributed by atoms with Gasteiger partial charge in [-0.05, 0) is 73.8 Å². The maximum atomic E-state index is 5.44. The largest absolute Gasteiger partial charge is 0.226 e. The smallest absolute Gasteiger partial charge is 0.161 e. The van der Waals surface area contributed by atoms with Gasteiger partial charge in [0.15, 0.2) is 5.82 Å². The summed E-state index contributed by atoms with van der Waals surface area (Å²) >= 11 is 3.62. The molecular formula is C46H26N2S2. The van der Waals surface area contributed by atoms with Gasteiger partial charge in [-0.3, -0.25) is 0 Å². The molecule has 0 radical (unpaired) electrons. The second-order valence-electron chi connectivity index (χ2n) is 12.9. The van der Waals surface area contributed by atoms with Gasteiger partial charge in [-0.1, -0.05) is 127 Å². The van der Waals surface area contributed by atoms with Crippen LogP contribution in [0.1, 0.15) is 0 Å². The number of rotatable bonds is 3. The summed E-state index contributed by atoms with van der Waals surface area (Å²) in [4.78, 5) is 10.9. The molecule has 0 saturated carbocycles. The molecule has 3 heterocycles. The highest BCUT2D eigenvalue weighted by Crippen LogP contribution is 2.45. The molecule has 0 N–H and O–H groups in total. The van der Waals surface area contributed by atoms with E-state index >= 15 is 0 Å². The summed E-state index contributed by atoms with van der Waals surface area (Å²) in [7, 11) is 0. The molecule has 0 saturated heterocycles. The third-order valence-corrected chi connectivity index (χ3v) is 12.3. The van der Waals surface area contributed by atoms with Crippen molar-refractivity contribution < 1.29 is 0 Å². The molecule has 2 nitrogen and oxygen atoms in total. The van der Waals surface area contributed by atoms with Crippen LogP contribution in [-0.4, -0.2) is 9.97 Å². The first kappa shape index (κ1) is 28.0. The average Bonchev–Trinajstić information content (AvgIpc) is 3.76. The molecule has 0 amide bonds. The van der Waals surface area contributed by atoms with Gasteiger partial charge >= 0.3 is 0 Å². The van der Waals surface area contributed by atoms with E-state index in [9.17, 15) is 0 Å². The number of thiophene rings is 2. The van der Waals surface area contributed by atoms with Crippen molar-refractivity contribution in [1.82, 2.24) is 9.97 Å². The monoisotopic (exact) mass is 670 g/mol. The van der Waals surface area contributed by atoms with Crippen molar-refractivity contribution in [3.63, 3.8) is 0 Å². The number of aromatic nitrogens is 2. The lowest BCUT2D eigenvalue weighted by atomic mass is 9.91. The Kier molecular flexibility index (Phi) is 6.03. The van der Waals surface area contributed by atoms with Crippen molar-refractivity contribution in [3.8, 4) is 33.8 Å². The number of hydrogen-bond donors (Lipinski definition) is 0. The quantitative estimate of drug-likeness (QED) is 0.175. The Morgan fingerprint density at radius 1 is 0.360 bits per heavy atom. The molecule has 0 atom stereocenters. The van der Waals surface area contributed by atoms with E-state index in [1.807, 2.05) is 11.3 Å². The van der Waals surface area contributed by atoms with Crippen LogP contribution in [0.3, 0.4) is 0 Å². The topological polar surface area (TPSA) is 25.8 Å². The Bertz CT molecular complexity index is 3120. The van der Waals surface area contributed by atoms with Crippen molar-refractivity contribution in [2.75, 3.05) is 0 Å². The van der Waals surface area contributed by atoms with Gasteiger partial charge in [0.25, 0.3) is 0 Å². The van der Waals surface area contributed by atoms with Gasteiger partial charge in [-0.2, -0.15) is 0 Å². The number of benzene rings is 8. The molecule has 0 aliphatic heterocycles. The first-order chi connectivity index (χ1) is 24.8. The van der Waals surface area contributed by atoms with Crippen LogP contribution < -0.4 is 0 Å². The van der Waals surface area contributed by atoms with Crippen LogP contribution in [-0.2, 0) is 0 Å². The van der Waals surface area contributed by atoms with Crippen LogP contribution in [0.2, 0.25) is 0 Å². The van der Waals surface area contributed by atoms with E-state index < -0.39 is 0 Å².